The second-order valence-electron chi connectivity index (χ2n) is 7.69. The Balaban J connectivity index is 1.62. The normalized spacial score (nSPS) is 20.7. The molecule has 2 heterocycles. The van der Waals surface area contributed by atoms with Gasteiger partial charge in [0.25, 0.3) is 11.8 Å². The zero-order valence-corrected chi connectivity index (χ0v) is 17.2. The van der Waals surface area contributed by atoms with Crippen LogP contribution in [-0.4, -0.2) is 31.0 Å². The Hall–Kier alpha value is -2.34. The molecular weight excluding hydrogens is 372 g/mol. The van der Waals surface area contributed by atoms with Crippen LogP contribution in [0.2, 0.25) is 0 Å². The molecule has 1 N–H and O–H groups in total. The average Bonchev–Trinajstić information content (AvgIpc) is 3.13. The lowest BCUT2D eigenvalue weighted by atomic mass is 9.90. The lowest BCUT2D eigenvalue weighted by molar-refractivity contribution is -0.127. The van der Waals surface area contributed by atoms with Crippen LogP contribution in [0.5, 0.6) is 5.75 Å². The molecule has 2 atom stereocenters. The monoisotopic (exact) mass is 398 g/mol. The highest BCUT2D eigenvalue weighted by atomic mass is 32.1. The highest BCUT2D eigenvalue weighted by molar-refractivity contribution is 7.14. The molecular formula is C22H26N2O3S. The largest absolute Gasteiger partial charge is 0.477 e. The van der Waals surface area contributed by atoms with Crippen molar-refractivity contribution in [1.82, 2.24) is 5.32 Å². The van der Waals surface area contributed by atoms with Crippen LogP contribution in [0.25, 0.3) is 0 Å². The van der Waals surface area contributed by atoms with Gasteiger partial charge in [0, 0.05) is 11.4 Å². The number of ether oxygens (including phenoxy) is 1. The molecule has 148 valence electrons. The Morgan fingerprint density at radius 2 is 2.14 bits per heavy atom. The molecule has 0 spiro atoms. The van der Waals surface area contributed by atoms with E-state index in [0.717, 1.165) is 29.8 Å². The molecule has 2 amide bonds. The molecule has 1 aromatic heterocycles. The summed E-state index contributed by atoms with van der Waals surface area (Å²) in [6.07, 6.45) is 3.44. The first-order chi connectivity index (χ1) is 13.6. The molecule has 2 aromatic rings. The summed E-state index contributed by atoms with van der Waals surface area (Å²) in [7, 11) is 0. The third-order valence-corrected chi connectivity index (χ3v) is 6.63. The van der Waals surface area contributed by atoms with Crippen LogP contribution < -0.4 is 15.0 Å². The fraction of sp³-hybridized carbons (Fsp3) is 0.455. The Kier molecular flexibility index (Phi) is 5.40. The Bertz CT molecular complexity index is 892. The van der Waals surface area contributed by atoms with Crippen molar-refractivity contribution in [3.8, 4) is 5.75 Å². The predicted octanol–water partition coefficient (Wildman–Crippen LogP) is 3.81. The van der Waals surface area contributed by atoms with Crippen LogP contribution in [0.3, 0.4) is 0 Å². The molecule has 0 saturated carbocycles. The summed E-state index contributed by atoms with van der Waals surface area (Å²) in [5.74, 6) is 1.03. The molecule has 0 unspecified atom stereocenters. The molecule has 2 aliphatic rings. The number of carbonyl (C=O) groups excluding carboxylic acids is 2. The fourth-order valence-electron chi connectivity index (χ4n) is 3.87. The number of hydrogen-bond acceptors (Lipinski definition) is 4. The lowest BCUT2D eigenvalue weighted by Gasteiger charge is -2.34. The van der Waals surface area contributed by atoms with E-state index < -0.39 is 6.10 Å². The van der Waals surface area contributed by atoms with E-state index in [9.17, 15) is 9.59 Å². The van der Waals surface area contributed by atoms with E-state index in [4.69, 9.17) is 4.74 Å². The van der Waals surface area contributed by atoms with E-state index in [2.05, 4.69) is 18.3 Å². The minimum Gasteiger partial charge on any atom is -0.477 e. The van der Waals surface area contributed by atoms with Gasteiger partial charge in [0.2, 0.25) is 0 Å². The average molecular weight is 399 g/mol. The molecule has 0 bridgehead atoms. The third-order valence-electron chi connectivity index (χ3n) is 5.40. The topological polar surface area (TPSA) is 58.6 Å². The summed E-state index contributed by atoms with van der Waals surface area (Å²) in [5.41, 5.74) is 2.04. The van der Waals surface area contributed by atoms with E-state index >= 15 is 0 Å². The van der Waals surface area contributed by atoms with Gasteiger partial charge in [0.15, 0.2) is 6.10 Å². The molecule has 1 aromatic carbocycles. The summed E-state index contributed by atoms with van der Waals surface area (Å²) in [6, 6.07) is 9.50. The Morgan fingerprint density at radius 3 is 2.96 bits per heavy atom. The number of anilines is 1. The summed E-state index contributed by atoms with van der Waals surface area (Å²) in [6.45, 7) is 5.10. The minimum absolute atomic E-state index is 0.0453. The van der Waals surface area contributed by atoms with Crippen molar-refractivity contribution in [1.29, 1.82) is 0 Å². The van der Waals surface area contributed by atoms with Crippen LogP contribution >= 0.6 is 11.3 Å². The number of amides is 2. The lowest BCUT2D eigenvalue weighted by Crippen LogP contribution is -2.50. The number of thiophene rings is 1. The molecule has 0 radical (unpaired) electrons. The van der Waals surface area contributed by atoms with Crippen molar-refractivity contribution in [2.75, 3.05) is 18.0 Å². The van der Waals surface area contributed by atoms with Crippen molar-refractivity contribution >= 4 is 28.8 Å². The molecule has 0 fully saturated rings. The van der Waals surface area contributed by atoms with Crippen molar-refractivity contribution < 1.29 is 14.3 Å². The van der Waals surface area contributed by atoms with Gasteiger partial charge in [-0.3, -0.25) is 14.5 Å². The van der Waals surface area contributed by atoms with Gasteiger partial charge in [-0.1, -0.05) is 26.0 Å². The van der Waals surface area contributed by atoms with E-state index in [-0.39, 0.29) is 18.4 Å². The van der Waals surface area contributed by atoms with E-state index in [1.54, 1.807) is 16.2 Å². The summed E-state index contributed by atoms with van der Waals surface area (Å²) >= 11 is 1.60. The standard InChI is InChI=1S/C22H26N2O3S/c1-3-10-23-21(25)18-13-24(16-6-4-5-7-17(16)27-18)22(26)20-12-15-11-14(2)8-9-19(15)28-20/h4-7,12,14,18H,3,8-11,13H2,1-2H3,(H,23,25)/t14-,18+/m0/s1. The second kappa shape index (κ2) is 7.95. The molecule has 1 aliphatic heterocycles. The van der Waals surface area contributed by atoms with Gasteiger partial charge in [0.05, 0.1) is 17.1 Å². The highest BCUT2D eigenvalue weighted by Gasteiger charge is 2.35. The van der Waals surface area contributed by atoms with Gasteiger partial charge in [0.1, 0.15) is 5.75 Å². The van der Waals surface area contributed by atoms with E-state index in [1.807, 2.05) is 31.2 Å². The second-order valence-corrected chi connectivity index (χ2v) is 8.82. The third kappa shape index (κ3) is 3.65. The number of nitrogens with one attached hydrogen (secondary N) is 1. The highest BCUT2D eigenvalue weighted by Crippen LogP contribution is 2.37. The van der Waals surface area contributed by atoms with Gasteiger partial charge in [-0.15, -0.1) is 11.3 Å². The summed E-state index contributed by atoms with van der Waals surface area (Å²) in [4.78, 5) is 29.7. The molecule has 6 heteroatoms. The summed E-state index contributed by atoms with van der Waals surface area (Å²) < 4.78 is 5.90. The predicted molar refractivity (Wildman–Crippen MR) is 111 cm³/mol. The first-order valence-electron chi connectivity index (χ1n) is 10.0. The van der Waals surface area contributed by atoms with E-state index in [1.165, 1.54) is 16.9 Å². The number of fused-ring (bicyclic) bond motifs is 2. The van der Waals surface area contributed by atoms with Crippen molar-refractivity contribution in [3.63, 3.8) is 0 Å². The zero-order chi connectivity index (χ0) is 19.7. The Morgan fingerprint density at radius 1 is 1.32 bits per heavy atom. The van der Waals surface area contributed by atoms with Gasteiger partial charge in [-0.25, -0.2) is 0 Å². The van der Waals surface area contributed by atoms with Crippen LogP contribution in [0.4, 0.5) is 5.69 Å². The molecule has 28 heavy (non-hydrogen) atoms. The van der Waals surface area contributed by atoms with Crippen molar-refractivity contribution in [2.45, 2.75) is 45.6 Å². The maximum atomic E-state index is 13.4. The van der Waals surface area contributed by atoms with Crippen molar-refractivity contribution in [3.05, 3.63) is 45.6 Å². The number of hydrogen-bond donors (Lipinski definition) is 1. The smallest absolute Gasteiger partial charge is 0.268 e. The number of nitrogens with zero attached hydrogens (tertiary/aromatic N) is 1. The van der Waals surface area contributed by atoms with Gasteiger partial charge in [-0.05, 0) is 55.4 Å². The minimum atomic E-state index is -0.694. The van der Waals surface area contributed by atoms with Crippen LogP contribution in [0, 0.1) is 5.92 Å². The maximum absolute atomic E-state index is 13.4. The number of para-hydroxylation sites is 2. The fourth-order valence-corrected chi connectivity index (χ4v) is 5.03. The number of benzene rings is 1. The number of aryl methyl sites for hydroxylation is 1. The first kappa shape index (κ1) is 19.0. The zero-order valence-electron chi connectivity index (χ0n) is 16.4. The van der Waals surface area contributed by atoms with Crippen LogP contribution in [0.1, 0.15) is 46.8 Å². The number of carbonyl (C=O) groups is 2. The van der Waals surface area contributed by atoms with Gasteiger partial charge < -0.3 is 10.1 Å². The summed E-state index contributed by atoms with van der Waals surface area (Å²) in [5, 5.41) is 2.88. The first-order valence-corrected chi connectivity index (χ1v) is 10.8. The SMILES string of the molecule is CCCNC(=O)[C@H]1CN(C(=O)c2cc3c(s2)CC[C@H](C)C3)c2ccccc2O1. The van der Waals surface area contributed by atoms with Gasteiger partial charge in [-0.2, -0.15) is 0 Å². The number of rotatable bonds is 4. The quantitative estimate of drug-likeness (QED) is 0.852. The van der Waals surface area contributed by atoms with Gasteiger partial charge >= 0.3 is 0 Å². The molecule has 0 saturated heterocycles. The molecule has 4 rings (SSSR count). The molecule has 1 aliphatic carbocycles. The maximum Gasteiger partial charge on any atom is 0.268 e. The van der Waals surface area contributed by atoms with E-state index in [0.29, 0.717) is 18.2 Å². The van der Waals surface area contributed by atoms with Crippen LogP contribution in [-0.2, 0) is 17.6 Å². The van der Waals surface area contributed by atoms with Crippen molar-refractivity contribution in [2.24, 2.45) is 5.92 Å². The van der Waals surface area contributed by atoms with Crippen LogP contribution in [0.15, 0.2) is 30.3 Å². The molecule has 5 nitrogen and oxygen atoms in total. The Labute approximate surface area is 169 Å².